The molecule has 2 nitrogen and oxygen atoms in total. The quantitative estimate of drug-likeness (QED) is 0.903. The normalized spacial score (nSPS) is 10.8. The highest BCUT2D eigenvalue weighted by molar-refractivity contribution is 5.73. The van der Waals surface area contributed by atoms with Gasteiger partial charge >= 0.3 is 0 Å². The number of nitrogens with zero attached hydrogens (tertiary/aromatic N) is 1. The molecule has 1 heterocycles. The standard InChI is InChI=1S/C17H22N2/c1-11-6-12(2)14(4)17(13(11)3)16-7-15(8-18-5)9-19-10-16/h6-7,9-10,18H,8H2,1-5H3. The van der Waals surface area contributed by atoms with Gasteiger partial charge in [-0.15, -0.1) is 0 Å². The smallest absolute Gasteiger partial charge is 0.0346 e. The van der Waals surface area contributed by atoms with Crippen molar-refractivity contribution in [3.8, 4) is 11.1 Å². The van der Waals surface area contributed by atoms with Crippen LogP contribution in [0.3, 0.4) is 0 Å². The minimum atomic E-state index is 0.851. The first-order chi connectivity index (χ1) is 9.04. The van der Waals surface area contributed by atoms with Gasteiger partial charge in [-0.1, -0.05) is 6.07 Å². The summed E-state index contributed by atoms with van der Waals surface area (Å²) in [6.45, 7) is 9.60. The Labute approximate surface area is 115 Å². The van der Waals surface area contributed by atoms with Gasteiger partial charge in [0.25, 0.3) is 0 Å². The summed E-state index contributed by atoms with van der Waals surface area (Å²) in [6, 6.07) is 4.50. The third-order valence-electron chi connectivity index (χ3n) is 3.83. The molecule has 100 valence electrons. The number of hydrogen-bond acceptors (Lipinski definition) is 2. The Morgan fingerprint density at radius 2 is 1.58 bits per heavy atom. The van der Waals surface area contributed by atoms with Crippen LogP contribution < -0.4 is 5.32 Å². The SMILES string of the molecule is CNCc1cncc(-c2c(C)c(C)cc(C)c2C)c1. The second-order valence-electron chi connectivity index (χ2n) is 5.25. The van der Waals surface area contributed by atoms with Crippen molar-refractivity contribution < 1.29 is 0 Å². The molecule has 1 N–H and O–H groups in total. The fourth-order valence-corrected chi connectivity index (χ4v) is 2.57. The van der Waals surface area contributed by atoms with Crippen molar-refractivity contribution in [2.45, 2.75) is 34.2 Å². The molecule has 1 aromatic heterocycles. The Morgan fingerprint density at radius 3 is 2.16 bits per heavy atom. The van der Waals surface area contributed by atoms with Crippen molar-refractivity contribution >= 4 is 0 Å². The topological polar surface area (TPSA) is 24.9 Å². The van der Waals surface area contributed by atoms with Crippen LogP contribution >= 0.6 is 0 Å². The fraction of sp³-hybridized carbons (Fsp3) is 0.353. The van der Waals surface area contributed by atoms with Crippen LogP contribution in [-0.4, -0.2) is 12.0 Å². The summed E-state index contributed by atoms with van der Waals surface area (Å²) in [5.74, 6) is 0. The van der Waals surface area contributed by atoms with Crippen LogP contribution in [0, 0.1) is 27.7 Å². The Hall–Kier alpha value is -1.67. The average Bonchev–Trinajstić information content (AvgIpc) is 2.38. The fourth-order valence-electron chi connectivity index (χ4n) is 2.57. The zero-order valence-electron chi connectivity index (χ0n) is 12.5. The third kappa shape index (κ3) is 2.69. The summed E-state index contributed by atoms with van der Waals surface area (Å²) in [4.78, 5) is 4.38. The van der Waals surface area contributed by atoms with Gasteiger partial charge in [0.1, 0.15) is 0 Å². The van der Waals surface area contributed by atoms with Gasteiger partial charge in [0.2, 0.25) is 0 Å². The van der Waals surface area contributed by atoms with Crippen LogP contribution in [0.15, 0.2) is 24.5 Å². The molecule has 1 aromatic carbocycles. The first kappa shape index (κ1) is 13.8. The van der Waals surface area contributed by atoms with Crippen molar-refractivity contribution in [3.63, 3.8) is 0 Å². The Kier molecular flexibility index (Phi) is 4.01. The van der Waals surface area contributed by atoms with Crippen LogP contribution in [0.1, 0.15) is 27.8 Å². The minimum absolute atomic E-state index is 0.851. The summed E-state index contributed by atoms with van der Waals surface area (Å²) in [7, 11) is 1.96. The Morgan fingerprint density at radius 1 is 0.947 bits per heavy atom. The third-order valence-corrected chi connectivity index (χ3v) is 3.83. The van der Waals surface area contributed by atoms with Crippen LogP contribution in [0.5, 0.6) is 0 Å². The summed E-state index contributed by atoms with van der Waals surface area (Å²) in [6.07, 6.45) is 3.89. The van der Waals surface area contributed by atoms with Gasteiger partial charge < -0.3 is 5.32 Å². The van der Waals surface area contributed by atoms with Gasteiger partial charge in [-0.25, -0.2) is 0 Å². The first-order valence-corrected chi connectivity index (χ1v) is 6.71. The molecule has 0 saturated heterocycles. The summed E-state index contributed by atoms with van der Waals surface area (Å²) in [5.41, 5.74) is 9.17. The maximum atomic E-state index is 4.38. The van der Waals surface area contributed by atoms with E-state index in [0.717, 1.165) is 6.54 Å². The van der Waals surface area contributed by atoms with E-state index >= 15 is 0 Å². The van der Waals surface area contributed by atoms with Crippen molar-refractivity contribution in [1.82, 2.24) is 10.3 Å². The minimum Gasteiger partial charge on any atom is -0.316 e. The lowest BCUT2D eigenvalue weighted by Crippen LogP contribution is -2.05. The van der Waals surface area contributed by atoms with E-state index in [0.29, 0.717) is 0 Å². The average molecular weight is 254 g/mol. The van der Waals surface area contributed by atoms with E-state index < -0.39 is 0 Å². The molecule has 0 aliphatic rings. The molecule has 2 heteroatoms. The second-order valence-corrected chi connectivity index (χ2v) is 5.25. The molecule has 0 spiro atoms. The number of benzene rings is 1. The molecule has 0 atom stereocenters. The van der Waals surface area contributed by atoms with E-state index in [1.807, 2.05) is 19.4 Å². The zero-order chi connectivity index (χ0) is 14.0. The summed E-state index contributed by atoms with van der Waals surface area (Å²) < 4.78 is 0. The summed E-state index contributed by atoms with van der Waals surface area (Å²) in [5, 5.41) is 3.17. The molecule has 0 aliphatic carbocycles. The molecule has 0 unspecified atom stereocenters. The number of hydrogen-bond donors (Lipinski definition) is 1. The number of pyridine rings is 1. The molecule has 0 amide bonds. The van der Waals surface area contributed by atoms with Crippen molar-refractivity contribution in [3.05, 3.63) is 52.3 Å². The molecule has 0 bridgehead atoms. The van der Waals surface area contributed by atoms with E-state index in [9.17, 15) is 0 Å². The van der Waals surface area contributed by atoms with Crippen molar-refractivity contribution in [2.75, 3.05) is 7.05 Å². The molecule has 0 saturated carbocycles. The molecule has 19 heavy (non-hydrogen) atoms. The molecule has 2 rings (SSSR count). The monoisotopic (exact) mass is 254 g/mol. The van der Waals surface area contributed by atoms with Crippen molar-refractivity contribution in [1.29, 1.82) is 0 Å². The van der Waals surface area contributed by atoms with E-state index in [2.05, 4.69) is 50.1 Å². The van der Waals surface area contributed by atoms with Crippen LogP contribution in [0.25, 0.3) is 11.1 Å². The predicted molar refractivity (Wildman–Crippen MR) is 81.4 cm³/mol. The largest absolute Gasteiger partial charge is 0.316 e. The lowest BCUT2D eigenvalue weighted by molar-refractivity contribution is 0.813. The highest BCUT2D eigenvalue weighted by atomic mass is 14.8. The van der Waals surface area contributed by atoms with Gasteiger partial charge in [-0.2, -0.15) is 0 Å². The molecule has 2 aromatic rings. The predicted octanol–water partition coefficient (Wildman–Crippen LogP) is 3.70. The Bertz CT molecular complexity index is 574. The maximum absolute atomic E-state index is 4.38. The van der Waals surface area contributed by atoms with Crippen LogP contribution in [0.4, 0.5) is 0 Å². The highest BCUT2D eigenvalue weighted by Crippen LogP contribution is 2.31. The van der Waals surface area contributed by atoms with Crippen LogP contribution in [0.2, 0.25) is 0 Å². The zero-order valence-corrected chi connectivity index (χ0v) is 12.5. The van der Waals surface area contributed by atoms with E-state index in [1.54, 1.807) is 0 Å². The second kappa shape index (κ2) is 5.54. The van der Waals surface area contributed by atoms with Crippen LogP contribution in [-0.2, 0) is 6.54 Å². The molecule has 0 aliphatic heterocycles. The number of nitrogens with one attached hydrogen (secondary N) is 1. The molecular formula is C17H22N2. The van der Waals surface area contributed by atoms with E-state index in [1.165, 1.54) is 38.9 Å². The maximum Gasteiger partial charge on any atom is 0.0346 e. The van der Waals surface area contributed by atoms with E-state index in [4.69, 9.17) is 0 Å². The van der Waals surface area contributed by atoms with E-state index in [-0.39, 0.29) is 0 Å². The van der Waals surface area contributed by atoms with Gasteiger partial charge in [-0.3, -0.25) is 4.98 Å². The molecule has 0 radical (unpaired) electrons. The number of aryl methyl sites for hydroxylation is 2. The van der Waals surface area contributed by atoms with Gasteiger partial charge in [0, 0.05) is 24.5 Å². The van der Waals surface area contributed by atoms with Gasteiger partial charge in [-0.05, 0) is 74.2 Å². The highest BCUT2D eigenvalue weighted by Gasteiger charge is 2.11. The summed E-state index contributed by atoms with van der Waals surface area (Å²) >= 11 is 0. The van der Waals surface area contributed by atoms with Gasteiger partial charge in [0.15, 0.2) is 0 Å². The first-order valence-electron chi connectivity index (χ1n) is 6.71. The number of aromatic nitrogens is 1. The molecular weight excluding hydrogens is 232 g/mol. The molecule has 0 fully saturated rings. The van der Waals surface area contributed by atoms with Crippen molar-refractivity contribution in [2.24, 2.45) is 0 Å². The Balaban J connectivity index is 2.61. The lowest BCUT2D eigenvalue weighted by Gasteiger charge is -2.16. The number of rotatable bonds is 3. The van der Waals surface area contributed by atoms with Gasteiger partial charge in [0.05, 0.1) is 0 Å². The lowest BCUT2D eigenvalue weighted by atomic mass is 9.90.